The van der Waals surface area contributed by atoms with Crippen LogP contribution < -0.4 is 5.73 Å². The number of carboxylic acid groups (broad SMARTS) is 1. The van der Waals surface area contributed by atoms with Gasteiger partial charge in [0, 0.05) is 0 Å². The number of unbranched alkanes of at least 4 members (excludes halogenated alkanes) is 5. The van der Waals surface area contributed by atoms with Gasteiger partial charge in [0.25, 0.3) is 0 Å². The van der Waals surface area contributed by atoms with Crippen LogP contribution in [0.25, 0.3) is 0 Å². The lowest BCUT2D eigenvalue weighted by Crippen LogP contribution is -2.29. The second-order valence-electron chi connectivity index (χ2n) is 3.50. The van der Waals surface area contributed by atoms with Gasteiger partial charge in [-0.25, -0.2) is 0 Å². The van der Waals surface area contributed by atoms with Crippen LogP contribution in [0.2, 0.25) is 0 Å². The highest BCUT2D eigenvalue weighted by Gasteiger charge is 2.09. The molecule has 0 aromatic carbocycles. The smallest absolute Gasteiger partial charge is 0.320 e. The second-order valence-corrected chi connectivity index (χ2v) is 3.50. The van der Waals surface area contributed by atoms with Crippen LogP contribution in [0.5, 0.6) is 0 Å². The van der Waals surface area contributed by atoms with E-state index < -0.39 is 12.0 Å². The van der Waals surface area contributed by atoms with Gasteiger partial charge in [-0.15, -0.1) is 0 Å². The Bertz CT molecular complexity index is 137. The van der Waals surface area contributed by atoms with E-state index in [4.69, 9.17) is 10.8 Å². The Morgan fingerprint density at radius 1 is 1.23 bits per heavy atom. The van der Waals surface area contributed by atoms with Crippen LogP contribution in [0, 0.1) is 0 Å². The van der Waals surface area contributed by atoms with Gasteiger partial charge >= 0.3 is 5.97 Å². The van der Waals surface area contributed by atoms with Gasteiger partial charge in [0.2, 0.25) is 0 Å². The van der Waals surface area contributed by atoms with Gasteiger partial charge in [-0.3, -0.25) is 4.79 Å². The van der Waals surface area contributed by atoms with Gasteiger partial charge in [0.05, 0.1) is 0 Å². The van der Waals surface area contributed by atoms with Crippen molar-refractivity contribution in [1.29, 1.82) is 0 Å². The molecule has 1 unspecified atom stereocenters. The first-order valence-corrected chi connectivity index (χ1v) is 5.17. The van der Waals surface area contributed by atoms with E-state index in [1.165, 1.54) is 25.7 Å². The number of carboxylic acids is 1. The number of hydrogen-bond acceptors (Lipinski definition) is 2. The normalized spacial score (nSPS) is 12.8. The summed E-state index contributed by atoms with van der Waals surface area (Å²) >= 11 is 0. The summed E-state index contributed by atoms with van der Waals surface area (Å²) in [5.41, 5.74) is 5.36. The SMILES string of the molecule is CCCCCCCCC(N)C(=O)O. The van der Waals surface area contributed by atoms with E-state index in [0.717, 1.165) is 12.8 Å². The highest BCUT2D eigenvalue weighted by molar-refractivity contribution is 5.72. The van der Waals surface area contributed by atoms with E-state index in [9.17, 15) is 4.79 Å². The third kappa shape index (κ3) is 7.78. The summed E-state index contributed by atoms with van der Waals surface area (Å²) in [5.74, 6) is -0.881. The molecule has 1 atom stereocenters. The minimum absolute atomic E-state index is 0.613. The van der Waals surface area contributed by atoms with E-state index in [1.807, 2.05) is 0 Å². The number of rotatable bonds is 8. The minimum Gasteiger partial charge on any atom is -0.480 e. The molecule has 0 heterocycles. The summed E-state index contributed by atoms with van der Waals surface area (Å²) in [6.45, 7) is 2.18. The van der Waals surface area contributed by atoms with Crippen LogP contribution in [0.1, 0.15) is 51.9 Å². The maximum absolute atomic E-state index is 10.3. The lowest BCUT2D eigenvalue weighted by atomic mass is 10.1. The standard InChI is InChI=1S/C10H21NO2/c1-2-3-4-5-6-7-8-9(11)10(12)13/h9H,2-8,11H2,1H3,(H,12,13). The second kappa shape index (κ2) is 8.05. The Balaban J connectivity index is 3.11. The molecule has 0 bridgehead atoms. The van der Waals surface area contributed by atoms with E-state index >= 15 is 0 Å². The molecule has 0 aliphatic heterocycles. The van der Waals surface area contributed by atoms with Gasteiger partial charge in [-0.2, -0.15) is 0 Å². The highest BCUT2D eigenvalue weighted by Crippen LogP contribution is 2.07. The third-order valence-electron chi connectivity index (χ3n) is 2.19. The molecule has 0 aliphatic carbocycles. The van der Waals surface area contributed by atoms with Crippen LogP contribution >= 0.6 is 0 Å². The van der Waals surface area contributed by atoms with Crippen molar-refractivity contribution in [2.45, 2.75) is 57.9 Å². The van der Waals surface area contributed by atoms with Gasteiger partial charge in [0.1, 0.15) is 6.04 Å². The van der Waals surface area contributed by atoms with Gasteiger partial charge < -0.3 is 10.8 Å². The van der Waals surface area contributed by atoms with Crippen LogP contribution in [0.4, 0.5) is 0 Å². The zero-order chi connectivity index (χ0) is 10.1. The molecule has 3 nitrogen and oxygen atoms in total. The molecule has 0 saturated heterocycles. The fourth-order valence-electron chi connectivity index (χ4n) is 1.27. The summed E-state index contributed by atoms with van der Waals surface area (Å²) < 4.78 is 0. The first-order valence-electron chi connectivity index (χ1n) is 5.17. The van der Waals surface area contributed by atoms with Crippen molar-refractivity contribution < 1.29 is 9.90 Å². The highest BCUT2D eigenvalue weighted by atomic mass is 16.4. The van der Waals surface area contributed by atoms with Crippen molar-refractivity contribution in [2.75, 3.05) is 0 Å². The molecular formula is C10H21NO2. The number of hydrogen-bond donors (Lipinski definition) is 2. The molecule has 0 fully saturated rings. The lowest BCUT2D eigenvalue weighted by molar-refractivity contribution is -0.138. The summed E-state index contributed by atoms with van der Waals surface area (Å²) in [5, 5.41) is 8.50. The molecule has 0 aromatic heterocycles. The zero-order valence-corrected chi connectivity index (χ0v) is 8.46. The Hall–Kier alpha value is -0.570. The average Bonchev–Trinajstić information content (AvgIpc) is 2.10. The Morgan fingerprint density at radius 3 is 2.31 bits per heavy atom. The predicted molar refractivity (Wildman–Crippen MR) is 53.6 cm³/mol. The molecule has 3 heteroatoms. The van der Waals surface area contributed by atoms with Gasteiger partial charge in [0.15, 0.2) is 0 Å². The zero-order valence-electron chi connectivity index (χ0n) is 8.46. The Kier molecular flexibility index (Phi) is 7.69. The first kappa shape index (κ1) is 12.4. The van der Waals surface area contributed by atoms with Crippen LogP contribution in [0.15, 0.2) is 0 Å². The molecule has 0 radical (unpaired) electrons. The Morgan fingerprint density at radius 2 is 1.77 bits per heavy atom. The molecule has 13 heavy (non-hydrogen) atoms. The maximum Gasteiger partial charge on any atom is 0.320 e. The predicted octanol–water partition coefficient (Wildman–Crippen LogP) is 2.15. The molecule has 3 N–H and O–H groups in total. The van der Waals surface area contributed by atoms with Crippen LogP contribution in [0.3, 0.4) is 0 Å². The molecular weight excluding hydrogens is 166 g/mol. The molecule has 0 rings (SSSR count). The summed E-state index contributed by atoms with van der Waals surface area (Å²) in [6.07, 6.45) is 7.66. The van der Waals surface area contributed by atoms with Crippen molar-refractivity contribution in [3.8, 4) is 0 Å². The van der Waals surface area contributed by atoms with Crippen molar-refractivity contribution >= 4 is 5.97 Å². The maximum atomic E-state index is 10.3. The fourth-order valence-corrected chi connectivity index (χ4v) is 1.27. The van der Waals surface area contributed by atoms with E-state index in [-0.39, 0.29) is 0 Å². The summed E-state index contributed by atoms with van der Waals surface area (Å²) in [4.78, 5) is 10.3. The van der Waals surface area contributed by atoms with Crippen molar-refractivity contribution in [1.82, 2.24) is 0 Å². The van der Waals surface area contributed by atoms with Crippen molar-refractivity contribution in [3.63, 3.8) is 0 Å². The largest absolute Gasteiger partial charge is 0.480 e. The first-order chi connectivity index (χ1) is 6.18. The average molecular weight is 187 g/mol. The van der Waals surface area contributed by atoms with Crippen LogP contribution in [-0.2, 0) is 4.79 Å². The molecule has 78 valence electrons. The lowest BCUT2D eigenvalue weighted by Gasteiger charge is -2.05. The topological polar surface area (TPSA) is 63.3 Å². The molecule has 0 aromatic rings. The third-order valence-corrected chi connectivity index (χ3v) is 2.19. The van der Waals surface area contributed by atoms with Crippen molar-refractivity contribution in [2.24, 2.45) is 5.73 Å². The number of nitrogens with two attached hydrogens (primary N) is 1. The van der Waals surface area contributed by atoms with Gasteiger partial charge in [-0.1, -0.05) is 45.4 Å². The Labute approximate surface area is 80.3 Å². The quantitative estimate of drug-likeness (QED) is 0.572. The number of aliphatic carboxylic acids is 1. The van der Waals surface area contributed by atoms with Crippen LogP contribution in [-0.4, -0.2) is 17.1 Å². The minimum atomic E-state index is -0.881. The van der Waals surface area contributed by atoms with E-state index in [0.29, 0.717) is 6.42 Å². The van der Waals surface area contributed by atoms with Gasteiger partial charge in [-0.05, 0) is 6.42 Å². The number of carbonyl (C=O) groups is 1. The fraction of sp³-hybridized carbons (Fsp3) is 0.900. The van der Waals surface area contributed by atoms with E-state index in [1.54, 1.807) is 0 Å². The molecule has 0 spiro atoms. The summed E-state index contributed by atoms with van der Waals surface area (Å²) in [6, 6.07) is -0.661. The molecule has 0 amide bonds. The molecule has 0 saturated carbocycles. The van der Waals surface area contributed by atoms with Crippen molar-refractivity contribution in [3.05, 3.63) is 0 Å². The van der Waals surface area contributed by atoms with E-state index in [2.05, 4.69) is 6.92 Å². The summed E-state index contributed by atoms with van der Waals surface area (Å²) in [7, 11) is 0. The monoisotopic (exact) mass is 187 g/mol. The molecule has 0 aliphatic rings.